The summed E-state index contributed by atoms with van der Waals surface area (Å²) in [4.78, 5) is 22.5. The molecule has 2 atom stereocenters. The summed E-state index contributed by atoms with van der Waals surface area (Å²) in [6.07, 6.45) is 2.94. The number of alkyl halides is 2. The van der Waals surface area contributed by atoms with Crippen molar-refractivity contribution in [3.05, 3.63) is 74.8 Å². The lowest BCUT2D eigenvalue weighted by Gasteiger charge is -2.32. The average Bonchev–Trinajstić information content (AvgIpc) is 3.68. The van der Waals surface area contributed by atoms with E-state index in [0.717, 1.165) is 12.3 Å². The molecule has 218 valence electrons. The van der Waals surface area contributed by atoms with Gasteiger partial charge in [-0.05, 0) is 24.6 Å². The number of ether oxygens (including phenoxy) is 1. The van der Waals surface area contributed by atoms with Crippen molar-refractivity contribution in [1.82, 2.24) is 24.4 Å². The number of esters is 1. The standard InChI is InChI=1S/C25H24ClF3N6O4S2/c1-39-20(36)3-2-10-41(37,38)33-15-12-19-21(18-6-8-35(32-18)25(28)29)22(16-5-4-14(27)11-17(16)26)31-23(34(19)13-15)24-30-7-9-40-24/h4-9,11,15,22,25,33H,2-3,10,12-13H2,1H3/t15-,22-/m0/s1. The molecule has 16 heteroatoms. The number of thiazole rings is 1. The molecule has 0 bridgehead atoms. The molecule has 1 N–H and O–H groups in total. The Morgan fingerprint density at radius 1 is 1.32 bits per heavy atom. The smallest absolute Gasteiger partial charge is 0.333 e. The van der Waals surface area contributed by atoms with Crippen molar-refractivity contribution < 1.29 is 31.1 Å². The van der Waals surface area contributed by atoms with Crippen LogP contribution < -0.4 is 4.72 Å². The number of rotatable bonds is 10. The fourth-order valence-electron chi connectivity index (χ4n) is 4.85. The zero-order valence-corrected chi connectivity index (χ0v) is 23.9. The Morgan fingerprint density at radius 2 is 2.12 bits per heavy atom. The zero-order valence-electron chi connectivity index (χ0n) is 21.5. The summed E-state index contributed by atoms with van der Waals surface area (Å²) < 4.78 is 74.5. The first-order valence-corrected chi connectivity index (χ1v) is 15.3. The molecule has 2 aliphatic heterocycles. The second-order valence-electron chi connectivity index (χ2n) is 9.31. The minimum Gasteiger partial charge on any atom is -0.469 e. The molecule has 0 unspecified atom stereocenters. The first-order chi connectivity index (χ1) is 19.6. The third kappa shape index (κ3) is 6.32. The van der Waals surface area contributed by atoms with Gasteiger partial charge in [0.25, 0.3) is 0 Å². The number of fused-ring (bicyclic) bond motifs is 1. The van der Waals surface area contributed by atoms with Crippen molar-refractivity contribution in [2.75, 3.05) is 19.4 Å². The monoisotopic (exact) mass is 628 g/mol. The molecular weight excluding hydrogens is 605 g/mol. The molecule has 2 aliphatic rings. The Bertz CT molecular complexity index is 1610. The molecule has 4 heterocycles. The Morgan fingerprint density at radius 3 is 2.78 bits per heavy atom. The van der Waals surface area contributed by atoms with Gasteiger partial charge in [-0.25, -0.2) is 27.2 Å². The predicted molar refractivity (Wildman–Crippen MR) is 146 cm³/mol. The normalized spacial score (nSPS) is 19.1. The van der Waals surface area contributed by atoms with Crippen LogP contribution in [-0.2, 0) is 19.6 Å². The second-order valence-corrected chi connectivity index (χ2v) is 12.5. The van der Waals surface area contributed by atoms with Crippen molar-refractivity contribution in [3.8, 4) is 0 Å². The van der Waals surface area contributed by atoms with Gasteiger partial charge in [0.1, 0.15) is 11.9 Å². The fraction of sp³-hybridized carbons (Fsp3) is 0.360. The van der Waals surface area contributed by atoms with Gasteiger partial charge in [-0.2, -0.15) is 13.9 Å². The number of hydrogen-bond donors (Lipinski definition) is 1. The molecule has 1 aromatic carbocycles. The van der Waals surface area contributed by atoms with E-state index in [1.54, 1.807) is 16.5 Å². The van der Waals surface area contributed by atoms with Crippen molar-refractivity contribution in [2.45, 2.75) is 37.9 Å². The molecule has 5 rings (SSSR count). The van der Waals surface area contributed by atoms with Gasteiger partial charge >= 0.3 is 12.5 Å². The number of sulfonamides is 1. The highest BCUT2D eigenvalue weighted by molar-refractivity contribution is 7.89. The molecule has 0 radical (unpaired) electrons. The maximum absolute atomic E-state index is 14.0. The van der Waals surface area contributed by atoms with Crippen LogP contribution in [0.4, 0.5) is 13.2 Å². The molecule has 3 aromatic rings. The van der Waals surface area contributed by atoms with Crippen molar-refractivity contribution in [1.29, 1.82) is 0 Å². The highest BCUT2D eigenvalue weighted by Gasteiger charge is 2.42. The van der Waals surface area contributed by atoms with E-state index in [9.17, 15) is 26.4 Å². The van der Waals surface area contributed by atoms with Crippen molar-refractivity contribution in [3.63, 3.8) is 0 Å². The molecule has 1 saturated heterocycles. The van der Waals surface area contributed by atoms with Crippen LogP contribution in [0.2, 0.25) is 5.02 Å². The van der Waals surface area contributed by atoms with Crippen LogP contribution in [-0.4, -0.2) is 65.3 Å². The lowest BCUT2D eigenvalue weighted by Crippen LogP contribution is -2.40. The lowest BCUT2D eigenvalue weighted by molar-refractivity contribution is -0.140. The molecule has 0 spiro atoms. The first kappa shape index (κ1) is 29.2. The third-order valence-electron chi connectivity index (χ3n) is 6.59. The van der Waals surface area contributed by atoms with Crippen LogP contribution in [0.15, 0.2) is 52.7 Å². The van der Waals surface area contributed by atoms with Gasteiger partial charge in [-0.15, -0.1) is 11.3 Å². The van der Waals surface area contributed by atoms with Gasteiger partial charge in [0.2, 0.25) is 10.0 Å². The number of carbonyl (C=O) groups excluding carboxylic acids is 1. The van der Waals surface area contributed by atoms with Gasteiger partial charge in [0.15, 0.2) is 10.8 Å². The summed E-state index contributed by atoms with van der Waals surface area (Å²) in [6, 6.07) is 3.78. The fourth-order valence-corrected chi connectivity index (χ4v) is 7.07. The second kappa shape index (κ2) is 11.9. The maximum atomic E-state index is 14.0. The minimum atomic E-state index is -3.79. The number of hydrogen-bond acceptors (Lipinski definition) is 9. The molecule has 10 nitrogen and oxygen atoms in total. The van der Waals surface area contributed by atoms with E-state index in [2.05, 4.69) is 19.5 Å². The minimum absolute atomic E-state index is 0.0444. The Hall–Kier alpha value is -3.27. The Balaban J connectivity index is 1.57. The molecule has 0 amide bonds. The van der Waals surface area contributed by atoms with Crippen molar-refractivity contribution >= 4 is 50.3 Å². The summed E-state index contributed by atoms with van der Waals surface area (Å²) in [5.74, 6) is -0.917. The molecule has 41 heavy (non-hydrogen) atoms. The molecule has 0 aliphatic carbocycles. The SMILES string of the molecule is COC(=O)CCCS(=O)(=O)N[C@H]1CC2=C(c3ccn(C(F)F)n3)[C@H](c3ccc(F)cc3Cl)N=C(c3nccs3)N2C1. The summed E-state index contributed by atoms with van der Waals surface area (Å²) in [5, 5.41) is 6.46. The van der Waals surface area contributed by atoms with Crippen molar-refractivity contribution in [2.24, 2.45) is 4.99 Å². The van der Waals surface area contributed by atoms with Crippen LogP contribution in [0.3, 0.4) is 0 Å². The van der Waals surface area contributed by atoms with Gasteiger partial charge in [0.05, 0.1) is 18.6 Å². The highest BCUT2D eigenvalue weighted by atomic mass is 35.5. The predicted octanol–water partition coefficient (Wildman–Crippen LogP) is 4.39. The van der Waals surface area contributed by atoms with Gasteiger partial charge in [0, 0.05) is 65.1 Å². The van der Waals surface area contributed by atoms with Crippen LogP contribution in [0.1, 0.15) is 48.1 Å². The summed E-state index contributed by atoms with van der Waals surface area (Å²) >= 11 is 7.77. The molecular formula is C25H24ClF3N6O4S2. The molecule has 2 aromatic heterocycles. The Kier molecular flexibility index (Phi) is 8.50. The topological polar surface area (TPSA) is 119 Å². The number of amidine groups is 1. The lowest BCUT2D eigenvalue weighted by atomic mass is 9.92. The van der Waals surface area contributed by atoms with E-state index < -0.39 is 40.4 Å². The molecule has 1 fully saturated rings. The summed E-state index contributed by atoms with van der Waals surface area (Å²) in [6.45, 7) is -2.71. The summed E-state index contributed by atoms with van der Waals surface area (Å²) in [5.41, 5.74) is 1.64. The quantitative estimate of drug-likeness (QED) is 0.331. The maximum Gasteiger partial charge on any atom is 0.333 e. The number of benzene rings is 1. The first-order valence-electron chi connectivity index (χ1n) is 12.4. The summed E-state index contributed by atoms with van der Waals surface area (Å²) in [7, 11) is -2.56. The van der Waals surface area contributed by atoms with Gasteiger partial charge in [-0.3, -0.25) is 9.79 Å². The number of aromatic nitrogens is 3. The number of nitrogens with zero attached hydrogens (tertiary/aromatic N) is 5. The Labute approximate surface area is 242 Å². The molecule has 0 saturated carbocycles. The average molecular weight is 629 g/mol. The van der Waals surface area contributed by atoms with Gasteiger partial charge in [-0.1, -0.05) is 17.7 Å². The number of carbonyl (C=O) groups is 1. The number of halogens is 4. The van der Waals surface area contributed by atoms with E-state index in [1.165, 1.54) is 36.6 Å². The van der Waals surface area contributed by atoms with E-state index >= 15 is 0 Å². The van der Waals surface area contributed by atoms with Gasteiger partial charge < -0.3 is 9.64 Å². The van der Waals surface area contributed by atoms with Crippen LogP contribution >= 0.6 is 22.9 Å². The highest BCUT2D eigenvalue weighted by Crippen LogP contribution is 2.46. The largest absolute Gasteiger partial charge is 0.469 e. The van der Waals surface area contributed by atoms with Crippen LogP contribution in [0.5, 0.6) is 0 Å². The van der Waals surface area contributed by atoms with E-state index in [4.69, 9.17) is 16.6 Å². The van der Waals surface area contributed by atoms with E-state index in [1.807, 2.05) is 0 Å². The zero-order chi connectivity index (χ0) is 29.3. The van der Waals surface area contributed by atoms with E-state index in [0.29, 0.717) is 32.4 Å². The van der Waals surface area contributed by atoms with Crippen LogP contribution in [0, 0.1) is 5.82 Å². The third-order valence-corrected chi connectivity index (χ3v) is 9.21. The van der Waals surface area contributed by atoms with E-state index in [-0.39, 0.29) is 42.3 Å². The number of nitrogens with one attached hydrogen (secondary N) is 1. The number of methoxy groups -OCH3 is 1. The van der Waals surface area contributed by atoms with Crippen LogP contribution in [0.25, 0.3) is 5.57 Å². The number of aliphatic imine (C=N–C) groups is 1.